The molecule has 2 N–H and O–H groups in total. The third-order valence-electron chi connectivity index (χ3n) is 1.99. The van der Waals surface area contributed by atoms with Crippen LogP contribution in [0.15, 0.2) is 23.1 Å². The first-order chi connectivity index (χ1) is 8.33. The van der Waals surface area contributed by atoms with Crippen LogP contribution >= 0.6 is 0 Å². The summed E-state index contributed by atoms with van der Waals surface area (Å²) in [4.78, 5) is 21.5. The lowest BCUT2D eigenvalue weighted by Gasteiger charge is -2.07. The van der Waals surface area contributed by atoms with Crippen molar-refractivity contribution in [1.82, 2.24) is 4.89 Å². The zero-order chi connectivity index (χ0) is 13.9. The number of nitrogens with zero attached hydrogens (tertiary/aromatic N) is 1. The second-order valence-electron chi connectivity index (χ2n) is 3.02. The molecule has 0 heterocycles. The number of hydrogen-bond acceptors (Lipinski definition) is 7. The van der Waals surface area contributed by atoms with Gasteiger partial charge in [-0.3, -0.25) is 10.1 Å². The lowest BCUT2D eigenvalue weighted by molar-refractivity contribution is -0.384. The standard InChI is InChI=1S/C8H8N2O7S/c1-17-8(11)6-4-5(10(13)14)2-3-7(6)18(15,16)9-12/h2-4,9,12H,1H3. The van der Waals surface area contributed by atoms with Crippen LogP contribution in [-0.4, -0.2) is 31.6 Å². The Labute approximate surface area is 101 Å². The molecule has 0 aliphatic heterocycles. The largest absolute Gasteiger partial charge is 0.465 e. The zero-order valence-electron chi connectivity index (χ0n) is 8.98. The predicted molar refractivity (Wildman–Crippen MR) is 56.5 cm³/mol. The fourth-order valence-corrected chi connectivity index (χ4v) is 1.96. The fraction of sp³-hybridized carbons (Fsp3) is 0.125. The van der Waals surface area contributed by atoms with E-state index in [1.54, 1.807) is 0 Å². The van der Waals surface area contributed by atoms with E-state index in [-0.39, 0.29) is 0 Å². The molecule has 0 aromatic heterocycles. The highest BCUT2D eigenvalue weighted by molar-refractivity contribution is 7.89. The van der Waals surface area contributed by atoms with Gasteiger partial charge in [-0.2, -0.15) is 0 Å². The molecule has 1 aromatic carbocycles. The number of nitro benzene ring substituents is 1. The highest BCUT2D eigenvalue weighted by Gasteiger charge is 2.25. The third kappa shape index (κ3) is 2.61. The molecule has 0 unspecified atom stereocenters. The van der Waals surface area contributed by atoms with E-state index in [0.717, 1.165) is 30.2 Å². The minimum absolute atomic E-state index is 0.479. The number of carbonyl (C=O) groups is 1. The Kier molecular flexibility index (Phi) is 3.96. The molecule has 0 atom stereocenters. The summed E-state index contributed by atoms with van der Waals surface area (Å²) >= 11 is 0. The Balaban J connectivity index is 3.54. The van der Waals surface area contributed by atoms with Gasteiger partial charge < -0.3 is 9.94 Å². The van der Waals surface area contributed by atoms with Gasteiger partial charge in [0.15, 0.2) is 0 Å². The van der Waals surface area contributed by atoms with Crippen molar-refractivity contribution in [2.75, 3.05) is 7.11 Å². The molecule has 1 aromatic rings. The highest BCUT2D eigenvalue weighted by atomic mass is 32.2. The molecule has 9 nitrogen and oxygen atoms in total. The van der Waals surface area contributed by atoms with Crippen molar-refractivity contribution < 1.29 is 28.1 Å². The molecule has 0 radical (unpaired) electrons. The molecule has 1 rings (SSSR count). The van der Waals surface area contributed by atoms with Crippen molar-refractivity contribution >= 4 is 21.7 Å². The first kappa shape index (κ1) is 14.0. The average Bonchev–Trinajstić information content (AvgIpc) is 2.36. The zero-order valence-corrected chi connectivity index (χ0v) is 9.80. The maximum atomic E-state index is 11.4. The summed E-state index contributed by atoms with van der Waals surface area (Å²) in [6.07, 6.45) is 0. The number of sulfonamides is 1. The summed E-state index contributed by atoms with van der Waals surface area (Å²) in [5.74, 6) is -1.08. The lowest BCUT2D eigenvalue weighted by atomic mass is 10.2. The van der Waals surface area contributed by atoms with E-state index in [9.17, 15) is 23.3 Å². The van der Waals surface area contributed by atoms with E-state index < -0.39 is 37.1 Å². The number of carbonyl (C=O) groups excluding carboxylic acids is 1. The summed E-state index contributed by atoms with van der Waals surface area (Å²) in [6.45, 7) is 0. The van der Waals surface area contributed by atoms with Crippen LogP contribution in [0.5, 0.6) is 0 Å². The van der Waals surface area contributed by atoms with E-state index in [1.807, 2.05) is 0 Å². The minimum atomic E-state index is -4.34. The first-order valence-electron chi connectivity index (χ1n) is 4.36. The predicted octanol–water partition coefficient (Wildman–Crippen LogP) is 0.0489. The van der Waals surface area contributed by atoms with E-state index in [4.69, 9.17) is 5.21 Å². The fourth-order valence-electron chi connectivity index (χ4n) is 1.18. The number of nitrogens with one attached hydrogen (secondary N) is 1. The van der Waals surface area contributed by atoms with Crippen molar-refractivity contribution in [1.29, 1.82) is 0 Å². The molecule has 18 heavy (non-hydrogen) atoms. The van der Waals surface area contributed by atoms with E-state index in [1.165, 1.54) is 0 Å². The Morgan fingerprint density at radius 3 is 2.56 bits per heavy atom. The van der Waals surface area contributed by atoms with Crippen LogP contribution in [0.25, 0.3) is 0 Å². The summed E-state index contributed by atoms with van der Waals surface area (Å²) in [7, 11) is -3.35. The van der Waals surface area contributed by atoms with Crippen LogP contribution in [0.3, 0.4) is 0 Å². The van der Waals surface area contributed by atoms with Crippen LogP contribution in [0, 0.1) is 10.1 Å². The normalized spacial score (nSPS) is 11.0. The number of ether oxygens (including phenoxy) is 1. The van der Waals surface area contributed by atoms with Gasteiger partial charge in [0.25, 0.3) is 15.7 Å². The maximum Gasteiger partial charge on any atom is 0.339 e. The average molecular weight is 276 g/mol. The lowest BCUT2D eigenvalue weighted by Crippen LogP contribution is -2.22. The monoisotopic (exact) mass is 276 g/mol. The number of hydrogen-bond donors (Lipinski definition) is 2. The molecule has 0 fully saturated rings. The van der Waals surface area contributed by atoms with Crippen molar-refractivity contribution in [3.05, 3.63) is 33.9 Å². The van der Waals surface area contributed by atoms with Crippen molar-refractivity contribution in [3.63, 3.8) is 0 Å². The molecule has 10 heteroatoms. The van der Waals surface area contributed by atoms with Gasteiger partial charge in [-0.15, -0.1) is 0 Å². The van der Waals surface area contributed by atoms with Gasteiger partial charge in [-0.1, -0.05) is 4.89 Å². The molecule has 0 saturated carbocycles. The van der Waals surface area contributed by atoms with Crippen LogP contribution in [0.2, 0.25) is 0 Å². The number of esters is 1. The first-order valence-corrected chi connectivity index (χ1v) is 5.84. The highest BCUT2D eigenvalue weighted by Crippen LogP contribution is 2.22. The Bertz CT molecular complexity index is 595. The molecule has 98 valence electrons. The number of non-ortho nitro benzene ring substituents is 1. The molecule has 0 aliphatic rings. The van der Waals surface area contributed by atoms with Crippen LogP contribution < -0.4 is 4.89 Å². The second kappa shape index (κ2) is 5.08. The molecule has 0 amide bonds. The number of rotatable bonds is 4. The Hall–Kier alpha value is -2.04. The topological polar surface area (TPSA) is 136 Å². The summed E-state index contributed by atoms with van der Waals surface area (Å²) < 4.78 is 27.1. The van der Waals surface area contributed by atoms with E-state index in [2.05, 4.69) is 4.74 Å². The minimum Gasteiger partial charge on any atom is -0.465 e. The summed E-state index contributed by atoms with van der Waals surface area (Å²) in [5, 5.41) is 19.0. The van der Waals surface area contributed by atoms with Gasteiger partial charge in [0.2, 0.25) is 0 Å². The van der Waals surface area contributed by atoms with Gasteiger partial charge in [0, 0.05) is 12.1 Å². The molecule has 0 bridgehead atoms. The van der Waals surface area contributed by atoms with Gasteiger partial charge in [0.1, 0.15) is 0 Å². The number of methoxy groups -OCH3 is 1. The SMILES string of the molecule is COC(=O)c1cc([N+](=O)[O-])ccc1S(=O)(=O)NO. The Morgan fingerprint density at radius 1 is 1.50 bits per heavy atom. The van der Waals surface area contributed by atoms with Crippen molar-refractivity contribution in [3.8, 4) is 0 Å². The summed E-state index contributed by atoms with van der Waals surface area (Å²) in [6, 6.07) is 2.45. The maximum absolute atomic E-state index is 11.4. The third-order valence-corrected chi connectivity index (χ3v) is 3.16. The molecular formula is C8H8N2O7S. The number of nitro groups is 1. The van der Waals surface area contributed by atoms with Gasteiger partial charge in [0.05, 0.1) is 22.5 Å². The van der Waals surface area contributed by atoms with Gasteiger partial charge in [-0.05, 0) is 6.07 Å². The second-order valence-corrected chi connectivity index (χ2v) is 4.65. The van der Waals surface area contributed by atoms with Crippen molar-refractivity contribution in [2.24, 2.45) is 0 Å². The molecular weight excluding hydrogens is 268 g/mol. The quantitative estimate of drug-likeness (QED) is 0.450. The van der Waals surface area contributed by atoms with E-state index >= 15 is 0 Å². The van der Waals surface area contributed by atoms with Crippen molar-refractivity contribution in [2.45, 2.75) is 4.90 Å². The van der Waals surface area contributed by atoms with Crippen LogP contribution in [0.1, 0.15) is 10.4 Å². The molecule has 0 spiro atoms. The summed E-state index contributed by atoms with van der Waals surface area (Å²) in [5.41, 5.74) is -1.03. The Morgan fingerprint density at radius 2 is 2.11 bits per heavy atom. The van der Waals surface area contributed by atoms with E-state index in [0.29, 0.717) is 0 Å². The van der Waals surface area contributed by atoms with Crippen LogP contribution in [0.4, 0.5) is 5.69 Å². The molecule has 0 aliphatic carbocycles. The number of benzene rings is 1. The smallest absolute Gasteiger partial charge is 0.339 e. The van der Waals surface area contributed by atoms with Crippen LogP contribution in [-0.2, 0) is 14.8 Å². The molecule has 0 saturated heterocycles. The van der Waals surface area contributed by atoms with Gasteiger partial charge >= 0.3 is 5.97 Å². The van der Waals surface area contributed by atoms with Gasteiger partial charge in [-0.25, -0.2) is 13.2 Å².